The predicted molar refractivity (Wildman–Crippen MR) is 124 cm³/mol. The maximum atomic E-state index is 13.4. The minimum atomic E-state index is -0.0677. The van der Waals surface area contributed by atoms with Gasteiger partial charge in [-0.25, -0.2) is 4.79 Å². The van der Waals surface area contributed by atoms with Crippen LogP contribution in [0.15, 0.2) is 53.0 Å². The smallest absolute Gasteiger partial charge is 0.317 e. The predicted octanol–water partition coefficient (Wildman–Crippen LogP) is 4.31. The number of nitrogens with zero attached hydrogens (tertiary/aromatic N) is 2. The van der Waals surface area contributed by atoms with Crippen LogP contribution in [0.2, 0.25) is 0 Å². The van der Waals surface area contributed by atoms with E-state index in [1.54, 1.807) is 0 Å². The van der Waals surface area contributed by atoms with Crippen LogP contribution >= 0.6 is 15.9 Å². The van der Waals surface area contributed by atoms with E-state index in [9.17, 15) is 9.59 Å². The van der Waals surface area contributed by atoms with E-state index < -0.39 is 0 Å². The van der Waals surface area contributed by atoms with Crippen molar-refractivity contribution in [3.05, 3.63) is 69.7 Å². The summed E-state index contributed by atoms with van der Waals surface area (Å²) in [5.41, 5.74) is 3.78. The third-order valence-electron chi connectivity index (χ3n) is 7.10. The molecule has 0 bridgehead atoms. The van der Waals surface area contributed by atoms with Crippen molar-refractivity contribution < 1.29 is 9.59 Å². The van der Waals surface area contributed by atoms with Gasteiger partial charge in [0.15, 0.2) is 0 Å². The summed E-state index contributed by atoms with van der Waals surface area (Å²) < 4.78 is 1.08. The molecule has 0 spiro atoms. The van der Waals surface area contributed by atoms with E-state index in [0.717, 1.165) is 49.7 Å². The van der Waals surface area contributed by atoms with Crippen molar-refractivity contribution in [1.29, 1.82) is 0 Å². The first-order valence-electron chi connectivity index (χ1n) is 11.3. The van der Waals surface area contributed by atoms with Crippen molar-refractivity contribution in [1.82, 2.24) is 15.1 Å². The number of halogens is 1. The van der Waals surface area contributed by atoms with Crippen molar-refractivity contribution in [3.8, 4) is 0 Å². The molecule has 5 rings (SSSR count). The number of carbonyl (C=O) groups is 2. The van der Waals surface area contributed by atoms with Gasteiger partial charge in [0.2, 0.25) is 5.91 Å². The molecule has 2 fully saturated rings. The number of likely N-dealkylation sites (tertiary alicyclic amines) is 1. The van der Waals surface area contributed by atoms with Crippen LogP contribution in [0.3, 0.4) is 0 Å². The van der Waals surface area contributed by atoms with Gasteiger partial charge < -0.3 is 15.1 Å². The highest BCUT2D eigenvalue weighted by Crippen LogP contribution is 2.44. The lowest BCUT2D eigenvalue weighted by atomic mass is 9.76. The minimum Gasteiger partial charge on any atom is -0.338 e. The lowest BCUT2D eigenvalue weighted by Gasteiger charge is -2.51. The van der Waals surface area contributed by atoms with Crippen LogP contribution in [0.4, 0.5) is 4.79 Å². The van der Waals surface area contributed by atoms with E-state index >= 15 is 0 Å². The Morgan fingerprint density at radius 1 is 1.13 bits per heavy atom. The van der Waals surface area contributed by atoms with Gasteiger partial charge in [-0.3, -0.25) is 4.79 Å². The van der Waals surface area contributed by atoms with Gasteiger partial charge in [-0.2, -0.15) is 0 Å². The summed E-state index contributed by atoms with van der Waals surface area (Å²) in [6, 6.07) is 16.6. The quantitative estimate of drug-likeness (QED) is 0.709. The van der Waals surface area contributed by atoms with Crippen molar-refractivity contribution >= 4 is 27.9 Å². The molecule has 31 heavy (non-hydrogen) atoms. The van der Waals surface area contributed by atoms with Crippen LogP contribution in [-0.2, 0) is 17.6 Å². The fourth-order valence-electron chi connectivity index (χ4n) is 5.59. The normalized spacial score (nSPS) is 24.8. The molecular formula is C25H28BrN3O2. The van der Waals surface area contributed by atoms with E-state index in [1.807, 2.05) is 23.1 Å². The van der Waals surface area contributed by atoms with Gasteiger partial charge in [0.05, 0.1) is 12.0 Å². The maximum Gasteiger partial charge on any atom is 0.317 e. The zero-order chi connectivity index (χ0) is 21.4. The molecule has 0 aromatic heterocycles. The van der Waals surface area contributed by atoms with Gasteiger partial charge in [0, 0.05) is 30.1 Å². The highest BCUT2D eigenvalue weighted by molar-refractivity contribution is 9.10. The van der Waals surface area contributed by atoms with Crippen molar-refractivity contribution in [2.75, 3.05) is 19.6 Å². The van der Waals surface area contributed by atoms with Crippen LogP contribution in [0, 0.1) is 5.92 Å². The molecule has 0 unspecified atom stereocenters. The highest BCUT2D eigenvalue weighted by Gasteiger charge is 2.48. The SMILES string of the molecule is O=C1[C@@H]2CCCN(C(=O)NCCc3ccccc3)[C@@H]2C[C@@H]2c3ccc(Br)cc3CCN12. The van der Waals surface area contributed by atoms with Crippen LogP contribution in [0.5, 0.6) is 0 Å². The van der Waals surface area contributed by atoms with Crippen molar-refractivity contribution in [3.63, 3.8) is 0 Å². The first kappa shape index (κ1) is 20.6. The third-order valence-corrected chi connectivity index (χ3v) is 7.59. The standard InChI is InChI=1S/C25H28BrN3O2/c26-19-8-9-20-18(15-19)11-14-28-22(20)16-23-21(24(28)30)7-4-13-29(23)25(31)27-12-10-17-5-2-1-3-6-17/h1-3,5-6,8-9,15,21-23H,4,7,10-14,16H2,(H,27,31)/t21-,22-,23-/m1/s1. The molecular weight excluding hydrogens is 454 g/mol. The average molecular weight is 482 g/mol. The molecule has 3 amide bonds. The second kappa shape index (κ2) is 8.65. The summed E-state index contributed by atoms with van der Waals surface area (Å²) in [5.74, 6) is 0.165. The molecule has 2 aromatic rings. The van der Waals surface area contributed by atoms with Gasteiger partial charge in [-0.15, -0.1) is 0 Å². The van der Waals surface area contributed by atoms with Gasteiger partial charge >= 0.3 is 6.03 Å². The molecule has 3 atom stereocenters. The largest absolute Gasteiger partial charge is 0.338 e. The van der Waals surface area contributed by atoms with Crippen LogP contribution in [-0.4, -0.2) is 47.4 Å². The molecule has 162 valence electrons. The number of urea groups is 1. The number of nitrogens with one attached hydrogen (secondary N) is 1. The fourth-order valence-corrected chi connectivity index (χ4v) is 6.00. The maximum absolute atomic E-state index is 13.4. The summed E-state index contributed by atoms with van der Waals surface area (Å²) in [7, 11) is 0. The zero-order valence-corrected chi connectivity index (χ0v) is 19.2. The summed E-state index contributed by atoms with van der Waals surface area (Å²) >= 11 is 3.57. The Morgan fingerprint density at radius 3 is 2.81 bits per heavy atom. The Morgan fingerprint density at radius 2 is 1.97 bits per heavy atom. The Labute approximate surface area is 191 Å². The molecule has 5 nitrogen and oxygen atoms in total. The van der Waals surface area contributed by atoms with E-state index in [-0.39, 0.29) is 29.9 Å². The van der Waals surface area contributed by atoms with Gasteiger partial charge in [-0.1, -0.05) is 52.3 Å². The zero-order valence-electron chi connectivity index (χ0n) is 17.6. The second-order valence-corrected chi connectivity index (χ2v) is 9.77. The average Bonchev–Trinajstić information content (AvgIpc) is 2.79. The van der Waals surface area contributed by atoms with Crippen LogP contribution in [0.25, 0.3) is 0 Å². The molecule has 0 radical (unpaired) electrons. The number of amides is 3. The van der Waals surface area contributed by atoms with Crippen LogP contribution < -0.4 is 5.32 Å². The van der Waals surface area contributed by atoms with E-state index in [2.05, 4.69) is 56.5 Å². The molecule has 3 aliphatic rings. The summed E-state index contributed by atoms with van der Waals surface area (Å²) in [5, 5.41) is 3.10. The summed E-state index contributed by atoms with van der Waals surface area (Å²) in [6.45, 7) is 2.11. The fraction of sp³-hybridized carbons (Fsp3) is 0.440. The molecule has 1 N–H and O–H groups in total. The third kappa shape index (κ3) is 3.98. The Hall–Kier alpha value is -2.34. The summed E-state index contributed by atoms with van der Waals surface area (Å²) in [4.78, 5) is 30.5. The van der Waals surface area contributed by atoms with E-state index in [4.69, 9.17) is 0 Å². The van der Waals surface area contributed by atoms with Crippen molar-refractivity contribution in [2.24, 2.45) is 5.92 Å². The van der Waals surface area contributed by atoms with Gasteiger partial charge in [-0.05, 0) is 60.9 Å². The topological polar surface area (TPSA) is 52.7 Å². The molecule has 2 aromatic carbocycles. The van der Waals surface area contributed by atoms with Crippen molar-refractivity contribution in [2.45, 2.75) is 44.2 Å². The van der Waals surface area contributed by atoms with E-state index in [1.165, 1.54) is 16.7 Å². The van der Waals surface area contributed by atoms with E-state index in [0.29, 0.717) is 6.54 Å². The molecule has 3 heterocycles. The van der Waals surface area contributed by atoms with Gasteiger partial charge in [0.1, 0.15) is 0 Å². The lowest BCUT2D eigenvalue weighted by molar-refractivity contribution is -0.148. The first-order chi connectivity index (χ1) is 15.1. The number of fused-ring (bicyclic) bond motifs is 4. The lowest BCUT2D eigenvalue weighted by Crippen LogP contribution is -2.61. The Balaban J connectivity index is 1.31. The Kier molecular flexibility index (Phi) is 5.74. The number of benzene rings is 2. The first-order valence-corrected chi connectivity index (χ1v) is 12.1. The Bertz CT molecular complexity index is 980. The van der Waals surface area contributed by atoms with Gasteiger partial charge in [0.25, 0.3) is 0 Å². The molecule has 3 aliphatic heterocycles. The molecule has 0 aliphatic carbocycles. The number of piperidine rings is 2. The number of hydrogen-bond acceptors (Lipinski definition) is 2. The highest BCUT2D eigenvalue weighted by atomic mass is 79.9. The molecule has 0 saturated carbocycles. The molecule has 2 saturated heterocycles. The number of hydrogen-bond donors (Lipinski definition) is 1. The van der Waals surface area contributed by atoms with Crippen LogP contribution in [0.1, 0.15) is 42.0 Å². The number of carbonyl (C=O) groups excluding carboxylic acids is 2. The molecule has 6 heteroatoms. The summed E-state index contributed by atoms with van der Waals surface area (Å²) in [6.07, 6.45) is 4.32. The second-order valence-electron chi connectivity index (χ2n) is 8.85. The monoisotopic (exact) mass is 481 g/mol. The minimum absolute atomic E-state index is 0.0196. The number of rotatable bonds is 3.